The zero-order valence-electron chi connectivity index (χ0n) is 24.1. The second-order valence-electron chi connectivity index (χ2n) is 11.3. The summed E-state index contributed by atoms with van der Waals surface area (Å²) in [5.74, 6) is 0.868. The van der Waals surface area contributed by atoms with E-state index < -0.39 is 5.69 Å². The third kappa shape index (κ3) is 4.19. The Hall–Kier alpha value is -4.70. The number of aromatic amines is 1. The van der Waals surface area contributed by atoms with E-state index in [1.807, 2.05) is 51.1 Å². The van der Waals surface area contributed by atoms with Crippen molar-refractivity contribution >= 4 is 45.1 Å². The van der Waals surface area contributed by atoms with Gasteiger partial charge in [0.25, 0.3) is 0 Å². The number of hydrogen-bond acceptors (Lipinski definition) is 7. The molecule has 0 bridgehead atoms. The van der Waals surface area contributed by atoms with Crippen LogP contribution in [0.25, 0.3) is 38.6 Å². The second-order valence-corrected chi connectivity index (χ2v) is 11.7. The van der Waals surface area contributed by atoms with Gasteiger partial charge in [-0.1, -0.05) is 38.1 Å². The molecule has 1 atom stereocenters. The fraction of sp³-hybridized carbons (Fsp3) is 0.281. The fourth-order valence-corrected chi connectivity index (χ4v) is 6.68. The number of carbonyl (C=O) groups is 1. The van der Waals surface area contributed by atoms with Crippen LogP contribution in [0, 0.1) is 6.92 Å². The lowest BCUT2D eigenvalue weighted by atomic mass is 9.95. The van der Waals surface area contributed by atoms with Crippen molar-refractivity contribution in [2.75, 3.05) is 31.1 Å². The van der Waals surface area contributed by atoms with Crippen LogP contribution >= 0.6 is 11.6 Å². The number of nitrogens with one attached hydrogen (secondary N) is 1. The molecule has 0 saturated carbocycles. The van der Waals surface area contributed by atoms with Gasteiger partial charge in [-0.25, -0.2) is 4.79 Å². The van der Waals surface area contributed by atoms with Crippen LogP contribution in [0.3, 0.4) is 0 Å². The number of benzene rings is 2. The monoisotopic (exact) mass is 595 g/mol. The number of pyridine rings is 1. The molecule has 10 nitrogen and oxygen atoms in total. The quantitative estimate of drug-likeness (QED) is 0.291. The van der Waals surface area contributed by atoms with Crippen LogP contribution < -0.4 is 15.3 Å². The van der Waals surface area contributed by atoms with Gasteiger partial charge in [0.1, 0.15) is 12.4 Å². The number of aryl methyl sites for hydroxylation is 1. The molecular weight excluding hydrogens is 566 g/mol. The fourth-order valence-electron chi connectivity index (χ4n) is 6.38. The number of ether oxygens (including phenoxy) is 1. The van der Waals surface area contributed by atoms with Crippen molar-refractivity contribution in [3.63, 3.8) is 0 Å². The van der Waals surface area contributed by atoms with Crippen molar-refractivity contribution in [1.82, 2.24) is 29.6 Å². The van der Waals surface area contributed by atoms with E-state index >= 15 is 0 Å². The molecule has 1 saturated heterocycles. The molecule has 218 valence electrons. The molecule has 1 N–H and O–H groups in total. The molecule has 2 aliphatic rings. The largest absolute Gasteiger partial charge is 0.489 e. The van der Waals surface area contributed by atoms with Gasteiger partial charge >= 0.3 is 5.69 Å². The lowest BCUT2D eigenvalue weighted by Crippen LogP contribution is -2.56. The minimum absolute atomic E-state index is 0.0535. The third-order valence-corrected chi connectivity index (χ3v) is 8.80. The van der Waals surface area contributed by atoms with Crippen molar-refractivity contribution in [2.24, 2.45) is 0 Å². The number of anilines is 1. The maximum atomic E-state index is 14.1. The molecule has 7 rings (SSSR count). The van der Waals surface area contributed by atoms with Crippen LogP contribution in [-0.4, -0.2) is 67.8 Å². The van der Waals surface area contributed by atoms with E-state index in [1.165, 1.54) is 6.08 Å². The first-order valence-corrected chi connectivity index (χ1v) is 14.6. The number of amides is 1. The van der Waals surface area contributed by atoms with Crippen LogP contribution in [0.4, 0.5) is 5.82 Å². The number of nitrogens with zero attached hydrogens (tertiary/aromatic N) is 6. The highest BCUT2D eigenvalue weighted by Crippen LogP contribution is 2.48. The Labute approximate surface area is 252 Å². The Morgan fingerprint density at radius 3 is 2.88 bits per heavy atom. The van der Waals surface area contributed by atoms with E-state index in [1.54, 1.807) is 21.9 Å². The number of fused-ring (bicyclic) bond motifs is 3. The summed E-state index contributed by atoms with van der Waals surface area (Å²) in [6, 6.07) is 9.44. The number of halogens is 1. The Kier molecular flexibility index (Phi) is 6.46. The SMILES string of the molecule is C=CC(=O)N1CCN2c3nc(=O)n(-c4cccnc4C(C)C)c4cc(-c5c(C)ccc6[nH]ncc56)c(Cl)c(c34)OC[C@@H]2C1. The predicted octanol–water partition coefficient (Wildman–Crippen LogP) is 5.00. The third-order valence-electron chi connectivity index (χ3n) is 8.42. The summed E-state index contributed by atoms with van der Waals surface area (Å²) in [7, 11) is 0. The van der Waals surface area contributed by atoms with E-state index in [2.05, 4.69) is 31.6 Å². The number of aromatic nitrogens is 5. The van der Waals surface area contributed by atoms with Crippen molar-refractivity contribution in [3.05, 3.63) is 82.1 Å². The maximum absolute atomic E-state index is 14.1. The molecule has 0 unspecified atom stereocenters. The highest BCUT2D eigenvalue weighted by Gasteiger charge is 2.36. The topological polar surface area (TPSA) is 109 Å². The summed E-state index contributed by atoms with van der Waals surface area (Å²) in [6.07, 6.45) is 4.84. The van der Waals surface area contributed by atoms with Gasteiger partial charge in [-0.15, -0.1) is 0 Å². The first-order valence-electron chi connectivity index (χ1n) is 14.3. The first kappa shape index (κ1) is 27.2. The van der Waals surface area contributed by atoms with E-state index in [-0.39, 0.29) is 24.5 Å². The molecule has 2 aromatic carbocycles. The van der Waals surface area contributed by atoms with Gasteiger partial charge in [0.05, 0.1) is 45.1 Å². The Morgan fingerprint density at radius 2 is 2.09 bits per heavy atom. The predicted molar refractivity (Wildman–Crippen MR) is 167 cm³/mol. The summed E-state index contributed by atoms with van der Waals surface area (Å²) >= 11 is 7.28. The van der Waals surface area contributed by atoms with Crippen LogP contribution in [0.1, 0.15) is 31.0 Å². The van der Waals surface area contributed by atoms with Gasteiger partial charge in [-0.2, -0.15) is 10.1 Å². The Bertz CT molecular complexity index is 2010. The Balaban J connectivity index is 1.57. The molecule has 43 heavy (non-hydrogen) atoms. The number of carbonyl (C=O) groups excluding carboxylic acids is 1. The van der Waals surface area contributed by atoms with Gasteiger partial charge in [-0.3, -0.25) is 19.4 Å². The summed E-state index contributed by atoms with van der Waals surface area (Å²) in [5.41, 5.74) is 5.10. The lowest BCUT2D eigenvalue weighted by Gasteiger charge is -2.40. The van der Waals surface area contributed by atoms with Gasteiger partial charge in [0, 0.05) is 36.8 Å². The molecule has 0 spiro atoms. The van der Waals surface area contributed by atoms with Gasteiger partial charge in [0.15, 0.2) is 5.75 Å². The van der Waals surface area contributed by atoms with Crippen LogP contribution in [0.2, 0.25) is 5.02 Å². The van der Waals surface area contributed by atoms with E-state index in [0.717, 1.165) is 33.3 Å². The van der Waals surface area contributed by atoms with E-state index in [9.17, 15) is 9.59 Å². The van der Waals surface area contributed by atoms with Crippen LogP contribution in [-0.2, 0) is 4.79 Å². The molecule has 0 aliphatic carbocycles. The molecular formula is C32H30ClN7O3. The Morgan fingerprint density at radius 1 is 1.26 bits per heavy atom. The highest BCUT2D eigenvalue weighted by atomic mass is 35.5. The van der Waals surface area contributed by atoms with Crippen LogP contribution in [0.15, 0.2) is 60.2 Å². The molecule has 1 amide bonds. The summed E-state index contributed by atoms with van der Waals surface area (Å²) in [4.78, 5) is 39.7. The number of H-pyrrole nitrogens is 1. The summed E-state index contributed by atoms with van der Waals surface area (Å²) < 4.78 is 8.18. The van der Waals surface area contributed by atoms with E-state index in [4.69, 9.17) is 16.3 Å². The minimum atomic E-state index is -0.430. The van der Waals surface area contributed by atoms with Gasteiger partial charge in [0.2, 0.25) is 5.91 Å². The van der Waals surface area contributed by atoms with Crippen LogP contribution in [0.5, 0.6) is 5.75 Å². The smallest absolute Gasteiger partial charge is 0.354 e. The normalized spacial score (nSPS) is 16.3. The molecule has 0 radical (unpaired) electrons. The number of hydrogen-bond donors (Lipinski definition) is 1. The molecule has 2 aliphatic heterocycles. The second kappa shape index (κ2) is 10.2. The van der Waals surface area contributed by atoms with E-state index in [0.29, 0.717) is 52.8 Å². The average molecular weight is 596 g/mol. The molecule has 11 heteroatoms. The van der Waals surface area contributed by atoms with Gasteiger partial charge < -0.3 is 14.5 Å². The summed E-state index contributed by atoms with van der Waals surface area (Å²) in [6.45, 7) is 11.4. The average Bonchev–Trinajstić information content (AvgIpc) is 3.42. The number of rotatable bonds is 4. The van der Waals surface area contributed by atoms with Crippen molar-refractivity contribution in [3.8, 4) is 22.6 Å². The molecule has 5 heterocycles. The van der Waals surface area contributed by atoms with Crippen molar-refractivity contribution < 1.29 is 9.53 Å². The highest BCUT2D eigenvalue weighted by molar-refractivity contribution is 6.37. The summed E-state index contributed by atoms with van der Waals surface area (Å²) in [5, 5.41) is 9.30. The molecule has 3 aromatic heterocycles. The standard InChI is InChI=1S/C32H30ClN7O3/c1-5-25(41)38-11-12-39-19(15-38)16-43-30-27-24(13-20(28(30)33)26-18(4)8-9-22-21(26)14-35-37-22)40(32(42)36-31(27)39)23-7-6-10-34-29(23)17(2)3/h5-10,13-14,17,19H,1,11-12,15-16H2,2-4H3,(H,35,37)/t19-/m0/s1. The zero-order chi connectivity index (χ0) is 30.0. The van der Waals surface area contributed by atoms with Gasteiger partial charge in [-0.05, 0) is 54.3 Å². The van der Waals surface area contributed by atoms with Crippen molar-refractivity contribution in [1.29, 1.82) is 0 Å². The molecule has 5 aromatic rings. The minimum Gasteiger partial charge on any atom is -0.489 e. The first-order chi connectivity index (χ1) is 20.8. The number of piperazine rings is 1. The molecule has 1 fully saturated rings. The zero-order valence-corrected chi connectivity index (χ0v) is 24.9. The maximum Gasteiger partial charge on any atom is 0.354 e. The van der Waals surface area contributed by atoms with Crippen molar-refractivity contribution in [2.45, 2.75) is 32.7 Å². The lowest BCUT2D eigenvalue weighted by molar-refractivity contribution is -0.126.